The monoisotopic (exact) mass is 410 g/mol. The van der Waals surface area contributed by atoms with Crippen LogP contribution in [0.15, 0.2) is 60.5 Å². The molecule has 2 aromatic rings. The van der Waals surface area contributed by atoms with Gasteiger partial charge in [-0.2, -0.15) is 0 Å². The Morgan fingerprint density at radius 2 is 1.90 bits per heavy atom. The van der Waals surface area contributed by atoms with Crippen molar-refractivity contribution in [1.82, 2.24) is 9.80 Å². The molecule has 2 aliphatic rings. The largest absolute Gasteiger partial charge is 0.494 e. The summed E-state index contributed by atoms with van der Waals surface area (Å²) in [5.74, 6) is 1.45. The van der Waals surface area contributed by atoms with Crippen LogP contribution in [0.3, 0.4) is 0 Å². The Balaban J connectivity index is 1.19. The van der Waals surface area contributed by atoms with Crippen LogP contribution in [-0.4, -0.2) is 54.9 Å². The van der Waals surface area contributed by atoms with Gasteiger partial charge in [-0.25, -0.2) is 4.39 Å². The predicted octanol–water partition coefficient (Wildman–Crippen LogP) is 4.11. The van der Waals surface area contributed by atoms with Gasteiger partial charge in [-0.3, -0.25) is 4.79 Å². The predicted molar refractivity (Wildman–Crippen MR) is 113 cm³/mol. The first-order valence-corrected chi connectivity index (χ1v) is 10.5. The van der Waals surface area contributed by atoms with Gasteiger partial charge in [0.15, 0.2) is 5.76 Å². The quantitative estimate of drug-likeness (QED) is 0.508. The van der Waals surface area contributed by atoms with Crippen molar-refractivity contribution >= 4 is 5.78 Å². The molecule has 30 heavy (non-hydrogen) atoms. The standard InChI is InChI=1S/C24H27FN2O3/c1-26(17-23-24(28)21-5-2-3-6-22(21)30-23)19-11-14-27(15-12-19)13-4-16-29-20-9-7-18(25)8-10-20/h2-3,5-10,17,19H,4,11-16H2,1H3. The molecule has 2 heterocycles. The lowest BCUT2D eigenvalue weighted by molar-refractivity contribution is 0.100. The molecule has 2 aliphatic heterocycles. The lowest BCUT2D eigenvalue weighted by Gasteiger charge is -2.36. The van der Waals surface area contributed by atoms with Gasteiger partial charge in [0.1, 0.15) is 17.3 Å². The summed E-state index contributed by atoms with van der Waals surface area (Å²) in [5.41, 5.74) is 0.634. The van der Waals surface area contributed by atoms with Gasteiger partial charge in [0.05, 0.1) is 12.2 Å². The Morgan fingerprint density at radius 3 is 2.63 bits per heavy atom. The number of carbonyl (C=O) groups is 1. The van der Waals surface area contributed by atoms with E-state index >= 15 is 0 Å². The number of Topliss-reactive ketones (excluding diaryl/α,β-unsaturated/α-hetero) is 1. The number of halogens is 1. The average molecular weight is 410 g/mol. The SMILES string of the molecule is CN(C=C1Oc2ccccc2C1=O)C1CCN(CCCOc2ccc(F)cc2)CC1. The number of hydrogen-bond acceptors (Lipinski definition) is 5. The van der Waals surface area contributed by atoms with E-state index in [0.29, 0.717) is 35.5 Å². The fraction of sp³-hybridized carbons (Fsp3) is 0.375. The van der Waals surface area contributed by atoms with Gasteiger partial charge in [-0.1, -0.05) is 12.1 Å². The van der Waals surface area contributed by atoms with E-state index in [9.17, 15) is 9.18 Å². The lowest BCUT2D eigenvalue weighted by Crippen LogP contribution is -2.42. The van der Waals surface area contributed by atoms with Gasteiger partial charge >= 0.3 is 0 Å². The minimum Gasteiger partial charge on any atom is -0.494 e. The van der Waals surface area contributed by atoms with Crippen LogP contribution >= 0.6 is 0 Å². The lowest BCUT2D eigenvalue weighted by atomic mass is 10.0. The molecule has 0 aromatic heterocycles. The summed E-state index contributed by atoms with van der Waals surface area (Å²) in [4.78, 5) is 17.0. The summed E-state index contributed by atoms with van der Waals surface area (Å²) in [5, 5.41) is 0. The van der Waals surface area contributed by atoms with E-state index < -0.39 is 0 Å². The van der Waals surface area contributed by atoms with Crippen molar-refractivity contribution in [2.75, 3.05) is 33.3 Å². The Kier molecular flexibility index (Phi) is 6.33. The minimum atomic E-state index is -0.251. The summed E-state index contributed by atoms with van der Waals surface area (Å²) in [6.07, 6.45) is 4.86. The zero-order valence-corrected chi connectivity index (χ0v) is 17.2. The number of likely N-dealkylation sites (tertiary alicyclic amines) is 1. The maximum Gasteiger partial charge on any atom is 0.233 e. The molecule has 1 fully saturated rings. The van der Waals surface area contributed by atoms with E-state index in [-0.39, 0.29) is 11.6 Å². The maximum absolute atomic E-state index is 12.9. The maximum atomic E-state index is 12.9. The summed E-state index contributed by atoms with van der Waals surface area (Å²) >= 11 is 0. The van der Waals surface area contributed by atoms with E-state index in [2.05, 4.69) is 9.80 Å². The highest BCUT2D eigenvalue weighted by Crippen LogP contribution is 2.31. The van der Waals surface area contributed by atoms with Gasteiger partial charge in [-0.15, -0.1) is 0 Å². The number of rotatable bonds is 7. The third kappa shape index (κ3) is 4.82. The molecule has 158 valence electrons. The topological polar surface area (TPSA) is 42.0 Å². The first-order chi connectivity index (χ1) is 14.6. The summed E-state index contributed by atoms with van der Waals surface area (Å²) in [6.45, 7) is 3.64. The van der Waals surface area contributed by atoms with Crippen LogP contribution in [-0.2, 0) is 0 Å². The molecule has 2 aromatic carbocycles. The molecule has 0 N–H and O–H groups in total. The zero-order chi connectivity index (χ0) is 20.9. The van der Waals surface area contributed by atoms with Gasteiger partial charge in [0.2, 0.25) is 5.78 Å². The van der Waals surface area contributed by atoms with Gasteiger partial charge in [0, 0.05) is 38.9 Å². The van der Waals surface area contributed by atoms with E-state index in [4.69, 9.17) is 9.47 Å². The number of ether oxygens (including phenoxy) is 2. The molecule has 1 saturated heterocycles. The third-order valence-corrected chi connectivity index (χ3v) is 5.73. The molecule has 4 rings (SSSR count). The Labute approximate surface area is 176 Å². The van der Waals surface area contributed by atoms with Crippen LogP contribution in [0.5, 0.6) is 11.5 Å². The molecule has 0 unspecified atom stereocenters. The summed E-state index contributed by atoms with van der Waals surface area (Å²) in [6, 6.07) is 13.9. The molecule has 0 radical (unpaired) electrons. The molecule has 0 spiro atoms. The molecule has 0 atom stereocenters. The first-order valence-electron chi connectivity index (χ1n) is 10.5. The Morgan fingerprint density at radius 1 is 1.17 bits per heavy atom. The number of para-hydroxylation sites is 1. The van der Waals surface area contributed by atoms with Crippen LogP contribution < -0.4 is 9.47 Å². The number of allylic oxidation sites excluding steroid dienone is 1. The first kappa shape index (κ1) is 20.4. The van der Waals surface area contributed by atoms with Crippen LogP contribution in [0, 0.1) is 5.82 Å². The zero-order valence-electron chi connectivity index (χ0n) is 17.2. The number of ketones is 1. The van der Waals surface area contributed by atoms with E-state index in [0.717, 1.165) is 38.9 Å². The van der Waals surface area contributed by atoms with Crippen molar-refractivity contribution in [1.29, 1.82) is 0 Å². The fourth-order valence-electron chi connectivity index (χ4n) is 3.98. The van der Waals surface area contributed by atoms with Crippen molar-refractivity contribution in [3.8, 4) is 11.5 Å². The number of fused-ring (bicyclic) bond motifs is 1. The minimum absolute atomic E-state index is 0.0453. The molecule has 6 heteroatoms. The second-order valence-electron chi connectivity index (χ2n) is 7.81. The fourth-order valence-corrected chi connectivity index (χ4v) is 3.98. The number of benzene rings is 2. The van der Waals surface area contributed by atoms with Gasteiger partial charge in [0.25, 0.3) is 0 Å². The van der Waals surface area contributed by atoms with Crippen molar-refractivity contribution in [3.05, 3.63) is 71.9 Å². The smallest absolute Gasteiger partial charge is 0.233 e. The summed E-state index contributed by atoms with van der Waals surface area (Å²) in [7, 11) is 2.02. The van der Waals surface area contributed by atoms with Crippen molar-refractivity contribution in [3.63, 3.8) is 0 Å². The molecule has 0 amide bonds. The van der Waals surface area contributed by atoms with E-state index in [1.807, 2.05) is 31.4 Å². The van der Waals surface area contributed by atoms with Crippen LogP contribution in [0.25, 0.3) is 0 Å². The molecule has 0 aliphatic carbocycles. The van der Waals surface area contributed by atoms with Gasteiger partial charge < -0.3 is 19.3 Å². The molecule has 5 nitrogen and oxygen atoms in total. The van der Waals surface area contributed by atoms with E-state index in [1.165, 1.54) is 12.1 Å². The summed E-state index contributed by atoms with van der Waals surface area (Å²) < 4.78 is 24.3. The van der Waals surface area contributed by atoms with Gasteiger partial charge in [-0.05, 0) is 55.7 Å². The second kappa shape index (κ2) is 9.30. The Hall–Kier alpha value is -2.86. The van der Waals surface area contributed by atoms with E-state index in [1.54, 1.807) is 18.2 Å². The highest BCUT2D eigenvalue weighted by molar-refractivity contribution is 6.12. The highest BCUT2D eigenvalue weighted by atomic mass is 19.1. The van der Waals surface area contributed by atoms with Crippen LogP contribution in [0.4, 0.5) is 4.39 Å². The molecule has 0 saturated carbocycles. The third-order valence-electron chi connectivity index (χ3n) is 5.73. The average Bonchev–Trinajstić information content (AvgIpc) is 3.08. The molecular weight excluding hydrogens is 383 g/mol. The number of nitrogens with zero attached hydrogens (tertiary/aromatic N) is 2. The van der Waals surface area contributed by atoms with Crippen molar-refractivity contribution < 1.29 is 18.7 Å². The molecule has 0 bridgehead atoms. The van der Waals surface area contributed by atoms with Crippen molar-refractivity contribution in [2.45, 2.75) is 25.3 Å². The second-order valence-corrected chi connectivity index (χ2v) is 7.81. The molecular formula is C24H27FN2O3. The number of hydrogen-bond donors (Lipinski definition) is 0. The number of piperidine rings is 1. The normalized spacial score (nSPS) is 18.3. The van der Waals surface area contributed by atoms with Crippen molar-refractivity contribution in [2.24, 2.45) is 0 Å². The Bertz CT molecular complexity index is 905. The highest BCUT2D eigenvalue weighted by Gasteiger charge is 2.28. The van der Waals surface area contributed by atoms with Crippen LogP contribution in [0.2, 0.25) is 0 Å². The number of carbonyl (C=O) groups excluding carboxylic acids is 1. The van der Waals surface area contributed by atoms with Crippen LogP contribution in [0.1, 0.15) is 29.6 Å².